The van der Waals surface area contributed by atoms with Gasteiger partial charge < -0.3 is 9.84 Å². The maximum atomic E-state index is 10.1. The largest absolute Gasteiger partial charge is 0.485 e. The second-order valence-corrected chi connectivity index (χ2v) is 4.88. The Hall–Kier alpha value is -1.51. The van der Waals surface area contributed by atoms with E-state index in [1.807, 2.05) is 48.5 Å². The summed E-state index contributed by atoms with van der Waals surface area (Å²) >= 11 is 5.87. The molecule has 0 amide bonds. The molecule has 0 radical (unpaired) electrons. The van der Waals surface area contributed by atoms with Crippen LogP contribution in [0.5, 0.6) is 5.75 Å². The number of benzene rings is 2. The molecule has 18 heavy (non-hydrogen) atoms. The fraction of sp³-hybridized carbons (Fsp3) is 0.200. The summed E-state index contributed by atoms with van der Waals surface area (Å²) in [7, 11) is 0. The van der Waals surface area contributed by atoms with Gasteiger partial charge in [0.2, 0.25) is 0 Å². The van der Waals surface area contributed by atoms with Gasteiger partial charge in [-0.1, -0.05) is 41.9 Å². The van der Waals surface area contributed by atoms with Crippen molar-refractivity contribution in [2.75, 3.05) is 0 Å². The molecule has 1 heterocycles. The van der Waals surface area contributed by atoms with Crippen molar-refractivity contribution >= 4 is 11.6 Å². The van der Waals surface area contributed by atoms with Crippen LogP contribution in [0.4, 0.5) is 0 Å². The van der Waals surface area contributed by atoms with Crippen molar-refractivity contribution in [3.63, 3.8) is 0 Å². The van der Waals surface area contributed by atoms with E-state index in [2.05, 4.69) is 0 Å². The molecule has 2 aromatic carbocycles. The first-order valence-corrected chi connectivity index (χ1v) is 6.31. The monoisotopic (exact) mass is 260 g/mol. The van der Waals surface area contributed by atoms with E-state index in [0.717, 1.165) is 16.9 Å². The summed E-state index contributed by atoms with van der Waals surface area (Å²) in [6.45, 7) is 0. The normalized spacial score (nSPS) is 22.1. The van der Waals surface area contributed by atoms with E-state index in [4.69, 9.17) is 16.3 Å². The van der Waals surface area contributed by atoms with E-state index in [-0.39, 0.29) is 6.10 Å². The van der Waals surface area contributed by atoms with Crippen molar-refractivity contribution in [2.45, 2.75) is 18.6 Å². The zero-order chi connectivity index (χ0) is 12.5. The van der Waals surface area contributed by atoms with Crippen molar-refractivity contribution in [3.05, 3.63) is 64.7 Å². The van der Waals surface area contributed by atoms with Gasteiger partial charge in [-0.3, -0.25) is 0 Å². The molecule has 3 heteroatoms. The Balaban J connectivity index is 1.92. The van der Waals surface area contributed by atoms with Crippen molar-refractivity contribution in [2.24, 2.45) is 0 Å². The third kappa shape index (κ3) is 2.09. The minimum absolute atomic E-state index is 0.118. The highest BCUT2D eigenvalue weighted by Gasteiger charge is 2.27. The molecule has 0 saturated carbocycles. The molecular weight excluding hydrogens is 248 g/mol. The average molecular weight is 261 g/mol. The van der Waals surface area contributed by atoms with E-state index in [0.29, 0.717) is 11.4 Å². The molecule has 2 atom stereocenters. The van der Waals surface area contributed by atoms with E-state index >= 15 is 0 Å². The first kappa shape index (κ1) is 11.6. The van der Waals surface area contributed by atoms with Gasteiger partial charge in [-0.25, -0.2) is 0 Å². The Kier molecular flexibility index (Phi) is 2.98. The zero-order valence-corrected chi connectivity index (χ0v) is 10.5. The standard InChI is InChI=1S/C15H13ClO2/c16-11-7-5-10(6-8-11)15-9-13(17)12-3-1-2-4-14(12)18-15/h1-8,13,15,17H,9H2/t13-,15-/m1/s1. The molecule has 0 aliphatic carbocycles. The smallest absolute Gasteiger partial charge is 0.127 e. The Bertz CT molecular complexity index is 551. The molecule has 1 aliphatic rings. The maximum absolute atomic E-state index is 10.1. The van der Waals surface area contributed by atoms with Crippen molar-refractivity contribution in [3.8, 4) is 5.75 Å². The molecule has 2 nitrogen and oxygen atoms in total. The van der Waals surface area contributed by atoms with Crippen LogP contribution >= 0.6 is 11.6 Å². The number of rotatable bonds is 1. The van der Waals surface area contributed by atoms with E-state index in [1.165, 1.54) is 0 Å². The van der Waals surface area contributed by atoms with Crippen LogP contribution in [0.2, 0.25) is 5.02 Å². The lowest BCUT2D eigenvalue weighted by molar-refractivity contribution is 0.0657. The highest BCUT2D eigenvalue weighted by atomic mass is 35.5. The highest BCUT2D eigenvalue weighted by molar-refractivity contribution is 6.30. The Morgan fingerprint density at radius 2 is 1.78 bits per heavy atom. The summed E-state index contributed by atoms with van der Waals surface area (Å²) in [6, 6.07) is 15.2. The second kappa shape index (κ2) is 4.63. The molecule has 3 rings (SSSR count). The third-order valence-corrected chi connectivity index (χ3v) is 3.48. The topological polar surface area (TPSA) is 29.5 Å². The van der Waals surface area contributed by atoms with Gasteiger partial charge in [0, 0.05) is 17.0 Å². The molecule has 1 N–H and O–H groups in total. The predicted molar refractivity (Wildman–Crippen MR) is 70.8 cm³/mol. The molecule has 0 saturated heterocycles. The molecule has 92 valence electrons. The van der Waals surface area contributed by atoms with Gasteiger partial charge in [-0.05, 0) is 23.8 Å². The summed E-state index contributed by atoms with van der Waals surface area (Å²) in [5.74, 6) is 0.760. The molecule has 1 aliphatic heterocycles. The lowest BCUT2D eigenvalue weighted by Gasteiger charge is -2.29. The number of para-hydroxylation sites is 1. The first-order chi connectivity index (χ1) is 8.74. The number of aliphatic hydroxyl groups is 1. The zero-order valence-electron chi connectivity index (χ0n) is 9.71. The van der Waals surface area contributed by atoms with Crippen molar-refractivity contribution < 1.29 is 9.84 Å². The van der Waals surface area contributed by atoms with Crippen LogP contribution in [0.15, 0.2) is 48.5 Å². The van der Waals surface area contributed by atoms with Crippen LogP contribution in [-0.2, 0) is 0 Å². The second-order valence-electron chi connectivity index (χ2n) is 4.45. The number of ether oxygens (including phenoxy) is 1. The number of fused-ring (bicyclic) bond motifs is 1. The van der Waals surface area contributed by atoms with Crippen molar-refractivity contribution in [1.29, 1.82) is 0 Å². The van der Waals surface area contributed by atoms with Crippen LogP contribution in [0.3, 0.4) is 0 Å². The SMILES string of the molecule is O[C@@H]1C[C@H](c2ccc(Cl)cc2)Oc2ccccc21. The fourth-order valence-corrected chi connectivity index (χ4v) is 2.40. The summed E-state index contributed by atoms with van der Waals surface area (Å²) in [6.07, 6.45) is -0.0265. The summed E-state index contributed by atoms with van der Waals surface area (Å²) in [5.41, 5.74) is 1.90. The van der Waals surface area contributed by atoms with Crippen LogP contribution in [0.1, 0.15) is 29.8 Å². The molecule has 0 unspecified atom stereocenters. The molecule has 2 aromatic rings. The van der Waals surface area contributed by atoms with Gasteiger partial charge in [-0.2, -0.15) is 0 Å². The van der Waals surface area contributed by atoms with Crippen LogP contribution in [0, 0.1) is 0 Å². The highest BCUT2D eigenvalue weighted by Crippen LogP contribution is 2.40. The molecule has 0 bridgehead atoms. The van der Waals surface area contributed by atoms with Crippen LogP contribution < -0.4 is 4.74 Å². The van der Waals surface area contributed by atoms with Gasteiger partial charge in [0.1, 0.15) is 11.9 Å². The summed E-state index contributed by atoms with van der Waals surface area (Å²) in [5, 5.41) is 10.8. The molecule has 0 spiro atoms. The average Bonchev–Trinajstić information content (AvgIpc) is 2.39. The quantitative estimate of drug-likeness (QED) is 0.843. The Labute approximate surface area is 111 Å². The summed E-state index contributed by atoms with van der Waals surface area (Å²) in [4.78, 5) is 0. The van der Waals surface area contributed by atoms with Gasteiger partial charge in [0.05, 0.1) is 6.10 Å². The molecule has 0 aromatic heterocycles. The molecule has 0 fully saturated rings. The van der Waals surface area contributed by atoms with E-state index in [9.17, 15) is 5.11 Å². The van der Waals surface area contributed by atoms with Crippen LogP contribution in [-0.4, -0.2) is 5.11 Å². The third-order valence-electron chi connectivity index (χ3n) is 3.23. The maximum Gasteiger partial charge on any atom is 0.127 e. The number of hydrogen-bond donors (Lipinski definition) is 1. The van der Waals surface area contributed by atoms with Crippen LogP contribution in [0.25, 0.3) is 0 Å². The first-order valence-electron chi connectivity index (χ1n) is 5.93. The Morgan fingerprint density at radius 1 is 1.06 bits per heavy atom. The number of hydrogen-bond acceptors (Lipinski definition) is 2. The Morgan fingerprint density at radius 3 is 2.56 bits per heavy atom. The minimum Gasteiger partial charge on any atom is -0.485 e. The lowest BCUT2D eigenvalue weighted by atomic mass is 9.95. The number of aliphatic hydroxyl groups excluding tert-OH is 1. The van der Waals surface area contributed by atoms with Gasteiger partial charge in [0.15, 0.2) is 0 Å². The lowest BCUT2D eigenvalue weighted by Crippen LogP contribution is -2.18. The molecular formula is C15H13ClO2. The fourth-order valence-electron chi connectivity index (χ4n) is 2.28. The predicted octanol–water partition coefficient (Wildman–Crippen LogP) is 3.90. The van der Waals surface area contributed by atoms with Gasteiger partial charge in [0.25, 0.3) is 0 Å². The van der Waals surface area contributed by atoms with E-state index in [1.54, 1.807) is 0 Å². The number of halogens is 1. The minimum atomic E-state index is -0.476. The van der Waals surface area contributed by atoms with Gasteiger partial charge >= 0.3 is 0 Å². The van der Waals surface area contributed by atoms with E-state index < -0.39 is 6.10 Å². The summed E-state index contributed by atoms with van der Waals surface area (Å²) < 4.78 is 5.93. The van der Waals surface area contributed by atoms with Gasteiger partial charge in [-0.15, -0.1) is 0 Å². The van der Waals surface area contributed by atoms with Crippen molar-refractivity contribution in [1.82, 2.24) is 0 Å².